The molecule has 0 spiro atoms. The number of nitrogens with one attached hydrogen (secondary N) is 1. The lowest BCUT2D eigenvalue weighted by Crippen LogP contribution is -2.51. The second kappa shape index (κ2) is 6.77. The van der Waals surface area contributed by atoms with Crippen LogP contribution in [-0.2, 0) is 14.3 Å². The zero-order chi connectivity index (χ0) is 15.5. The maximum absolute atomic E-state index is 12.9. The number of amides is 1. The molecular formula is C16H28N2O3. The fourth-order valence-electron chi connectivity index (χ4n) is 3.53. The minimum atomic E-state index is -0.253. The standard InChI is InChI=1S/C16H28N2O3/c1-4-21-14(19)13-5-9-18(10-6-13)15(20)16(12(2)3)7-8-17-11-16/h12-13,17H,4-11H2,1-3H3. The number of carbonyl (C=O) groups is 2. The van der Waals surface area contributed by atoms with Gasteiger partial charge in [-0.25, -0.2) is 0 Å². The monoisotopic (exact) mass is 296 g/mol. The summed E-state index contributed by atoms with van der Waals surface area (Å²) in [6, 6.07) is 0. The lowest BCUT2D eigenvalue weighted by Gasteiger charge is -2.39. The molecule has 2 aliphatic rings. The van der Waals surface area contributed by atoms with E-state index in [9.17, 15) is 9.59 Å². The number of likely N-dealkylation sites (tertiary alicyclic amines) is 1. The minimum absolute atomic E-state index is 0.0364. The van der Waals surface area contributed by atoms with Gasteiger partial charge >= 0.3 is 5.97 Å². The van der Waals surface area contributed by atoms with Crippen molar-refractivity contribution in [2.45, 2.75) is 40.0 Å². The van der Waals surface area contributed by atoms with E-state index in [0.29, 0.717) is 25.6 Å². The van der Waals surface area contributed by atoms with Crippen LogP contribution in [0.1, 0.15) is 40.0 Å². The molecule has 0 radical (unpaired) electrons. The number of ether oxygens (including phenoxy) is 1. The molecule has 1 atom stereocenters. The first-order valence-electron chi connectivity index (χ1n) is 8.18. The van der Waals surface area contributed by atoms with Crippen LogP contribution in [0.4, 0.5) is 0 Å². The predicted octanol–water partition coefficient (Wildman–Crippen LogP) is 1.42. The van der Waals surface area contributed by atoms with Gasteiger partial charge in [-0.3, -0.25) is 9.59 Å². The summed E-state index contributed by atoms with van der Waals surface area (Å²) in [4.78, 5) is 26.7. The first kappa shape index (κ1) is 16.3. The zero-order valence-corrected chi connectivity index (χ0v) is 13.5. The number of rotatable bonds is 4. The minimum Gasteiger partial charge on any atom is -0.466 e. The summed E-state index contributed by atoms with van der Waals surface area (Å²) in [6.45, 7) is 9.58. The van der Waals surface area contributed by atoms with E-state index in [4.69, 9.17) is 4.74 Å². The molecule has 2 saturated heterocycles. The van der Waals surface area contributed by atoms with Crippen LogP contribution in [0.5, 0.6) is 0 Å². The topological polar surface area (TPSA) is 58.6 Å². The summed E-state index contributed by atoms with van der Waals surface area (Å²) in [7, 11) is 0. The van der Waals surface area contributed by atoms with E-state index in [-0.39, 0.29) is 23.2 Å². The molecule has 120 valence electrons. The van der Waals surface area contributed by atoms with Crippen LogP contribution in [-0.4, -0.2) is 49.6 Å². The van der Waals surface area contributed by atoms with Gasteiger partial charge < -0.3 is 15.0 Å². The quantitative estimate of drug-likeness (QED) is 0.797. The number of hydrogen-bond acceptors (Lipinski definition) is 4. The molecule has 2 fully saturated rings. The highest BCUT2D eigenvalue weighted by atomic mass is 16.5. The van der Waals surface area contributed by atoms with Crippen LogP contribution in [0.3, 0.4) is 0 Å². The Morgan fingerprint density at radius 2 is 2.00 bits per heavy atom. The molecule has 0 aromatic heterocycles. The molecule has 2 aliphatic heterocycles. The third-order valence-corrected chi connectivity index (χ3v) is 5.12. The van der Waals surface area contributed by atoms with Crippen LogP contribution < -0.4 is 5.32 Å². The first-order chi connectivity index (χ1) is 10.0. The fraction of sp³-hybridized carbons (Fsp3) is 0.875. The van der Waals surface area contributed by atoms with Crippen molar-refractivity contribution in [1.29, 1.82) is 0 Å². The van der Waals surface area contributed by atoms with Crippen LogP contribution in [0, 0.1) is 17.3 Å². The van der Waals surface area contributed by atoms with Gasteiger partial charge in [-0.15, -0.1) is 0 Å². The van der Waals surface area contributed by atoms with E-state index < -0.39 is 0 Å². The zero-order valence-electron chi connectivity index (χ0n) is 13.5. The van der Waals surface area contributed by atoms with Crippen LogP contribution >= 0.6 is 0 Å². The Labute approximate surface area is 127 Å². The molecule has 0 bridgehead atoms. The van der Waals surface area contributed by atoms with E-state index in [0.717, 1.165) is 32.4 Å². The van der Waals surface area contributed by atoms with Crippen LogP contribution in [0.25, 0.3) is 0 Å². The van der Waals surface area contributed by atoms with E-state index in [1.54, 1.807) is 0 Å². The van der Waals surface area contributed by atoms with Crippen molar-refractivity contribution in [1.82, 2.24) is 10.2 Å². The van der Waals surface area contributed by atoms with Gasteiger partial charge in [-0.05, 0) is 38.6 Å². The van der Waals surface area contributed by atoms with Crippen molar-refractivity contribution < 1.29 is 14.3 Å². The largest absolute Gasteiger partial charge is 0.466 e. The number of carbonyl (C=O) groups excluding carboxylic acids is 2. The highest BCUT2D eigenvalue weighted by Crippen LogP contribution is 2.37. The maximum atomic E-state index is 12.9. The normalized spacial score (nSPS) is 27.1. The molecule has 0 saturated carbocycles. The van der Waals surface area contributed by atoms with Crippen molar-refractivity contribution in [2.24, 2.45) is 17.3 Å². The first-order valence-corrected chi connectivity index (χ1v) is 8.18. The molecule has 1 unspecified atom stereocenters. The third-order valence-electron chi connectivity index (χ3n) is 5.12. The van der Waals surface area contributed by atoms with Crippen LogP contribution in [0.15, 0.2) is 0 Å². The number of esters is 1. The summed E-state index contributed by atoms with van der Waals surface area (Å²) in [5.74, 6) is 0.462. The van der Waals surface area contributed by atoms with Gasteiger partial charge in [0, 0.05) is 19.6 Å². The Morgan fingerprint density at radius 1 is 1.33 bits per heavy atom. The van der Waals surface area contributed by atoms with Gasteiger partial charge in [-0.2, -0.15) is 0 Å². The molecule has 0 aliphatic carbocycles. The molecule has 2 heterocycles. The van der Waals surface area contributed by atoms with E-state index >= 15 is 0 Å². The summed E-state index contributed by atoms with van der Waals surface area (Å²) >= 11 is 0. The second-order valence-corrected chi connectivity index (χ2v) is 6.56. The van der Waals surface area contributed by atoms with Crippen molar-refractivity contribution in [3.63, 3.8) is 0 Å². The Balaban J connectivity index is 1.95. The lowest BCUT2D eigenvalue weighted by molar-refractivity contribution is -0.153. The Morgan fingerprint density at radius 3 is 2.48 bits per heavy atom. The average molecular weight is 296 g/mol. The van der Waals surface area contributed by atoms with Crippen molar-refractivity contribution >= 4 is 11.9 Å². The fourth-order valence-corrected chi connectivity index (χ4v) is 3.53. The maximum Gasteiger partial charge on any atom is 0.309 e. The molecule has 5 heteroatoms. The van der Waals surface area contributed by atoms with E-state index in [1.165, 1.54) is 0 Å². The summed E-state index contributed by atoms with van der Waals surface area (Å²) in [6.07, 6.45) is 2.37. The van der Waals surface area contributed by atoms with Gasteiger partial charge in [0.1, 0.15) is 0 Å². The molecule has 2 rings (SSSR count). The highest BCUT2D eigenvalue weighted by Gasteiger charge is 2.46. The molecule has 5 nitrogen and oxygen atoms in total. The molecule has 0 aromatic rings. The van der Waals surface area contributed by atoms with E-state index in [1.807, 2.05) is 11.8 Å². The molecule has 1 N–H and O–H groups in total. The van der Waals surface area contributed by atoms with Gasteiger partial charge in [-0.1, -0.05) is 13.8 Å². The smallest absolute Gasteiger partial charge is 0.309 e. The average Bonchev–Trinajstić information content (AvgIpc) is 2.98. The third kappa shape index (κ3) is 3.23. The number of piperidine rings is 1. The number of nitrogens with zero attached hydrogens (tertiary/aromatic N) is 1. The van der Waals surface area contributed by atoms with Crippen molar-refractivity contribution in [3.05, 3.63) is 0 Å². The van der Waals surface area contributed by atoms with Gasteiger partial charge in [0.25, 0.3) is 0 Å². The molecular weight excluding hydrogens is 268 g/mol. The summed E-state index contributed by atoms with van der Waals surface area (Å²) in [5, 5.41) is 3.34. The highest BCUT2D eigenvalue weighted by molar-refractivity contribution is 5.84. The van der Waals surface area contributed by atoms with Gasteiger partial charge in [0.15, 0.2) is 0 Å². The summed E-state index contributed by atoms with van der Waals surface area (Å²) < 4.78 is 5.08. The van der Waals surface area contributed by atoms with Gasteiger partial charge in [0.2, 0.25) is 5.91 Å². The predicted molar refractivity (Wildman–Crippen MR) is 80.7 cm³/mol. The molecule has 0 aromatic carbocycles. The Kier molecular flexibility index (Phi) is 5.25. The Hall–Kier alpha value is -1.10. The molecule has 1 amide bonds. The Bertz CT molecular complexity index is 381. The second-order valence-electron chi connectivity index (χ2n) is 6.56. The lowest BCUT2D eigenvalue weighted by atomic mass is 9.74. The SMILES string of the molecule is CCOC(=O)C1CCN(C(=O)C2(C(C)C)CCNC2)CC1. The van der Waals surface area contributed by atoms with Crippen molar-refractivity contribution in [3.8, 4) is 0 Å². The number of hydrogen-bond donors (Lipinski definition) is 1. The molecule has 21 heavy (non-hydrogen) atoms. The van der Waals surface area contributed by atoms with E-state index in [2.05, 4.69) is 19.2 Å². The van der Waals surface area contributed by atoms with Gasteiger partial charge in [0.05, 0.1) is 17.9 Å². The van der Waals surface area contributed by atoms with Crippen LogP contribution in [0.2, 0.25) is 0 Å². The van der Waals surface area contributed by atoms with Crippen molar-refractivity contribution in [2.75, 3.05) is 32.8 Å². The summed E-state index contributed by atoms with van der Waals surface area (Å²) in [5.41, 5.74) is -0.253.